The summed E-state index contributed by atoms with van der Waals surface area (Å²) in [6.45, 7) is 5.86. The number of hydrogen-bond donors (Lipinski definition) is 2. The summed E-state index contributed by atoms with van der Waals surface area (Å²) in [7, 11) is 0. The van der Waals surface area contributed by atoms with Crippen LogP contribution in [0.5, 0.6) is 0 Å². The first kappa shape index (κ1) is 10.2. The molecule has 1 heterocycles. The molecule has 0 saturated carbocycles. The first-order chi connectivity index (χ1) is 6.05. The molecule has 0 aliphatic carbocycles. The average Bonchev–Trinajstić information content (AvgIpc) is 2.24. The number of hydrogen-bond acceptors (Lipinski definition) is 3. The predicted octanol–water partition coefficient (Wildman–Crippen LogP) is -0.134. The molecule has 0 radical (unpaired) electrons. The van der Waals surface area contributed by atoms with Crippen molar-refractivity contribution >= 4 is 5.91 Å². The normalized spacial score (nSPS) is 28.7. The molecule has 0 aromatic rings. The fraction of sp³-hybridized carbons (Fsp3) is 0.667. The molecule has 0 bridgehead atoms. The maximum absolute atomic E-state index is 11.6. The fourth-order valence-corrected chi connectivity index (χ4v) is 1.65. The van der Waals surface area contributed by atoms with Crippen LogP contribution in [0, 0.1) is 0 Å². The number of carbonyl (C=O) groups is 1. The minimum atomic E-state index is -1.41. The van der Waals surface area contributed by atoms with E-state index in [1.54, 1.807) is 0 Å². The molecule has 13 heavy (non-hydrogen) atoms. The Labute approximate surface area is 77.5 Å². The van der Waals surface area contributed by atoms with Crippen LogP contribution in [-0.4, -0.2) is 39.8 Å². The Morgan fingerprint density at radius 2 is 2.31 bits per heavy atom. The van der Waals surface area contributed by atoms with Gasteiger partial charge in [-0.1, -0.05) is 6.58 Å². The zero-order valence-electron chi connectivity index (χ0n) is 7.79. The van der Waals surface area contributed by atoms with E-state index in [2.05, 4.69) is 6.58 Å². The van der Waals surface area contributed by atoms with Crippen LogP contribution in [0.3, 0.4) is 0 Å². The molecule has 4 heteroatoms. The molecule has 1 amide bonds. The summed E-state index contributed by atoms with van der Waals surface area (Å²) >= 11 is 0. The standard InChI is InChI=1S/C9H15NO3/c1-3-10-7(2)6-9(13,4-5-11)8(10)12/h11,13H,2-6H2,1H3. The summed E-state index contributed by atoms with van der Waals surface area (Å²) in [5, 5.41) is 18.5. The maximum atomic E-state index is 11.6. The van der Waals surface area contributed by atoms with Crippen molar-refractivity contribution in [1.82, 2.24) is 4.90 Å². The Kier molecular flexibility index (Phi) is 2.73. The van der Waals surface area contributed by atoms with E-state index < -0.39 is 5.60 Å². The van der Waals surface area contributed by atoms with E-state index in [0.717, 1.165) is 0 Å². The number of likely N-dealkylation sites (N-methyl/N-ethyl adjacent to an activating group) is 1. The molecule has 0 aromatic carbocycles. The summed E-state index contributed by atoms with van der Waals surface area (Å²) in [6.07, 6.45) is 0.321. The van der Waals surface area contributed by atoms with Crippen LogP contribution in [0.25, 0.3) is 0 Å². The van der Waals surface area contributed by atoms with Gasteiger partial charge in [0.1, 0.15) is 0 Å². The van der Waals surface area contributed by atoms with Crippen LogP contribution >= 0.6 is 0 Å². The van der Waals surface area contributed by atoms with E-state index in [9.17, 15) is 9.90 Å². The van der Waals surface area contributed by atoms with Gasteiger partial charge < -0.3 is 15.1 Å². The molecular formula is C9H15NO3. The highest BCUT2D eigenvalue weighted by atomic mass is 16.3. The molecule has 2 N–H and O–H groups in total. The highest BCUT2D eigenvalue weighted by Gasteiger charge is 2.46. The van der Waals surface area contributed by atoms with Gasteiger partial charge in [-0.05, 0) is 6.92 Å². The summed E-state index contributed by atoms with van der Waals surface area (Å²) < 4.78 is 0. The van der Waals surface area contributed by atoms with Crippen LogP contribution in [0.4, 0.5) is 0 Å². The van der Waals surface area contributed by atoms with Crippen molar-refractivity contribution in [1.29, 1.82) is 0 Å². The molecule has 0 aromatic heterocycles. The highest BCUT2D eigenvalue weighted by Crippen LogP contribution is 2.32. The SMILES string of the molecule is C=C1CC(O)(CCO)C(=O)N1CC. The number of likely N-dealkylation sites (tertiary alicyclic amines) is 1. The van der Waals surface area contributed by atoms with Crippen molar-refractivity contribution in [3.05, 3.63) is 12.3 Å². The molecule has 4 nitrogen and oxygen atoms in total. The van der Waals surface area contributed by atoms with Gasteiger partial charge in [0, 0.05) is 31.7 Å². The lowest BCUT2D eigenvalue weighted by Crippen LogP contribution is -2.40. The molecule has 1 atom stereocenters. The summed E-state index contributed by atoms with van der Waals surface area (Å²) in [5.74, 6) is -0.339. The topological polar surface area (TPSA) is 60.8 Å². The third-order valence-corrected chi connectivity index (χ3v) is 2.36. The molecule has 1 aliphatic rings. The molecule has 1 fully saturated rings. The van der Waals surface area contributed by atoms with Crippen LogP contribution < -0.4 is 0 Å². The summed E-state index contributed by atoms with van der Waals surface area (Å²) in [4.78, 5) is 13.0. The molecule has 1 rings (SSSR count). The molecular weight excluding hydrogens is 170 g/mol. The lowest BCUT2D eigenvalue weighted by molar-refractivity contribution is -0.144. The van der Waals surface area contributed by atoms with Gasteiger partial charge in [0.25, 0.3) is 5.91 Å². The monoisotopic (exact) mass is 185 g/mol. The quantitative estimate of drug-likeness (QED) is 0.643. The second-order valence-electron chi connectivity index (χ2n) is 3.30. The largest absolute Gasteiger partial charge is 0.396 e. The van der Waals surface area contributed by atoms with Crippen LogP contribution in [0.2, 0.25) is 0 Å². The Hall–Kier alpha value is -0.870. The van der Waals surface area contributed by atoms with Gasteiger partial charge in [0.15, 0.2) is 5.60 Å². The van der Waals surface area contributed by atoms with Crippen molar-refractivity contribution in [2.75, 3.05) is 13.2 Å². The first-order valence-electron chi connectivity index (χ1n) is 4.38. The van der Waals surface area contributed by atoms with Crippen LogP contribution in [0.1, 0.15) is 19.8 Å². The van der Waals surface area contributed by atoms with E-state index in [1.807, 2.05) is 6.92 Å². The lowest BCUT2D eigenvalue weighted by atomic mass is 9.98. The van der Waals surface area contributed by atoms with Crippen molar-refractivity contribution in [3.63, 3.8) is 0 Å². The second-order valence-corrected chi connectivity index (χ2v) is 3.30. The minimum Gasteiger partial charge on any atom is -0.396 e. The van der Waals surface area contributed by atoms with Crippen molar-refractivity contribution in [3.8, 4) is 0 Å². The first-order valence-corrected chi connectivity index (χ1v) is 4.38. The van der Waals surface area contributed by atoms with Gasteiger partial charge in [-0.2, -0.15) is 0 Å². The maximum Gasteiger partial charge on any atom is 0.259 e. The summed E-state index contributed by atoms with van der Waals surface area (Å²) in [6, 6.07) is 0. The Morgan fingerprint density at radius 1 is 1.69 bits per heavy atom. The fourth-order valence-electron chi connectivity index (χ4n) is 1.65. The highest BCUT2D eigenvalue weighted by molar-refractivity contribution is 5.89. The third-order valence-electron chi connectivity index (χ3n) is 2.36. The van der Waals surface area contributed by atoms with E-state index in [4.69, 9.17) is 5.11 Å². The van der Waals surface area contributed by atoms with E-state index >= 15 is 0 Å². The van der Waals surface area contributed by atoms with Gasteiger partial charge >= 0.3 is 0 Å². The number of aliphatic hydroxyl groups excluding tert-OH is 1. The van der Waals surface area contributed by atoms with E-state index in [1.165, 1.54) is 4.90 Å². The van der Waals surface area contributed by atoms with Gasteiger partial charge in [-0.25, -0.2) is 0 Å². The van der Waals surface area contributed by atoms with E-state index in [0.29, 0.717) is 12.2 Å². The molecule has 1 saturated heterocycles. The number of amides is 1. The predicted molar refractivity (Wildman–Crippen MR) is 47.8 cm³/mol. The number of rotatable bonds is 3. The number of aliphatic hydroxyl groups is 2. The number of nitrogens with zero attached hydrogens (tertiary/aromatic N) is 1. The number of carbonyl (C=O) groups excluding carboxylic acids is 1. The molecule has 74 valence electrons. The molecule has 1 aliphatic heterocycles. The molecule has 1 unspecified atom stereocenters. The minimum absolute atomic E-state index is 0.0847. The van der Waals surface area contributed by atoms with Gasteiger partial charge in [0.05, 0.1) is 0 Å². The average molecular weight is 185 g/mol. The van der Waals surface area contributed by atoms with Crippen LogP contribution in [-0.2, 0) is 4.79 Å². The molecule has 0 spiro atoms. The van der Waals surface area contributed by atoms with Crippen molar-refractivity contribution in [2.45, 2.75) is 25.4 Å². The van der Waals surface area contributed by atoms with Crippen LogP contribution in [0.15, 0.2) is 12.3 Å². The smallest absolute Gasteiger partial charge is 0.259 e. The summed E-state index contributed by atoms with van der Waals surface area (Å²) in [5.41, 5.74) is -0.787. The third kappa shape index (κ3) is 1.59. The zero-order valence-corrected chi connectivity index (χ0v) is 7.79. The van der Waals surface area contributed by atoms with Gasteiger partial charge in [-0.3, -0.25) is 4.79 Å². The lowest BCUT2D eigenvalue weighted by Gasteiger charge is -2.19. The van der Waals surface area contributed by atoms with Crippen molar-refractivity contribution < 1.29 is 15.0 Å². The van der Waals surface area contributed by atoms with E-state index in [-0.39, 0.29) is 25.4 Å². The Morgan fingerprint density at radius 3 is 2.69 bits per heavy atom. The Bertz CT molecular complexity index is 239. The van der Waals surface area contributed by atoms with Crippen molar-refractivity contribution in [2.24, 2.45) is 0 Å². The van der Waals surface area contributed by atoms with Gasteiger partial charge in [-0.15, -0.1) is 0 Å². The Balaban J connectivity index is 2.83. The van der Waals surface area contributed by atoms with Gasteiger partial charge in [0.2, 0.25) is 0 Å². The second kappa shape index (κ2) is 3.47. The zero-order chi connectivity index (χ0) is 10.1.